The van der Waals surface area contributed by atoms with Crippen LogP contribution in [0.4, 0.5) is 5.82 Å². The smallest absolute Gasteiger partial charge is 0.226 e. The van der Waals surface area contributed by atoms with Crippen LogP contribution >= 0.6 is 11.6 Å². The Morgan fingerprint density at radius 3 is 2.56 bits per heavy atom. The quantitative estimate of drug-likeness (QED) is 0.839. The Morgan fingerprint density at radius 1 is 1.22 bits per heavy atom. The minimum absolute atomic E-state index is 0.103. The summed E-state index contributed by atoms with van der Waals surface area (Å²) in [6.45, 7) is 8.30. The Kier molecular flexibility index (Phi) is 3.43. The Labute approximate surface area is 111 Å². The third-order valence-corrected chi connectivity index (χ3v) is 2.52. The van der Waals surface area contributed by atoms with Crippen molar-refractivity contribution in [3.05, 3.63) is 11.1 Å². The molecule has 0 amide bonds. The fourth-order valence-electron chi connectivity index (χ4n) is 1.72. The molecule has 6 heteroatoms. The fraction of sp³-hybridized carbons (Fsp3) is 0.583. The second kappa shape index (κ2) is 4.72. The molecular formula is C12H18ClN5. The maximum Gasteiger partial charge on any atom is 0.226 e. The van der Waals surface area contributed by atoms with Gasteiger partial charge in [0.1, 0.15) is 5.82 Å². The molecule has 0 unspecified atom stereocenters. The number of aromatic amines is 1. The number of imidazole rings is 1. The van der Waals surface area contributed by atoms with Crippen LogP contribution in [0.2, 0.25) is 5.28 Å². The van der Waals surface area contributed by atoms with E-state index < -0.39 is 0 Å². The second-order valence-corrected chi connectivity index (χ2v) is 5.69. The summed E-state index contributed by atoms with van der Waals surface area (Å²) in [6.07, 6.45) is 1.92. The first-order chi connectivity index (χ1) is 8.39. The van der Waals surface area contributed by atoms with Gasteiger partial charge in [0.15, 0.2) is 17.0 Å². The van der Waals surface area contributed by atoms with E-state index in [1.165, 1.54) is 0 Å². The van der Waals surface area contributed by atoms with Gasteiger partial charge in [-0.3, -0.25) is 0 Å². The monoisotopic (exact) mass is 267 g/mol. The average molecular weight is 268 g/mol. The van der Waals surface area contributed by atoms with Crippen LogP contribution in [0, 0.1) is 0 Å². The maximum absolute atomic E-state index is 5.93. The zero-order valence-electron chi connectivity index (χ0n) is 11.1. The molecule has 2 N–H and O–H groups in total. The van der Waals surface area contributed by atoms with Gasteiger partial charge in [0.2, 0.25) is 5.28 Å². The normalized spacial score (nSPS) is 12.1. The molecule has 0 saturated heterocycles. The largest absolute Gasteiger partial charge is 0.363 e. The fourth-order valence-corrected chi connectivity index (χ4v) is 1.89. The molecule has 0 aliphatic carbocycles. The lowest BCUT2D eigenvalue weighted by Crippen LogP contribution is -2.27. The molecule has 0 radical (unpaired) electrons. The van der Waals surface area contributed by atoms with Gasteiger partial charge in [-0.25, -0.2) is 4.98 Å². The summed E-state index contributed by atoms with van der Waals surface area (Å²) >= 11 is 5.93. The third-order valence-electron chi connectivity index (χ3n) is 2.35. The maximum atomic E-state index is 5.93. The number of rotatable bonds is 3. The summed E-state index contributed by atoms with van der Waals surface area (Å²) in [5.41, 5.74) is 1.33. The van der Waals surface area contributed by atoms with Crippen molar-refractivity contribution in [3.63, 3.8) is 0 Å². The van der Waals surface area contributed by atoms with Crippen molar-refractivity contribution in [2.24, 2.45) is 0 Å². The third kappa shape index (κ3) is 2.90. The average Bonchev–Trinajstić information content (AvgIpc) is 2.58. The molecule has 18 heavy (non-hydrogen) atoms. The van der Waals surface area contributed by atoms with Crippen LogP contribution in [0.15, 0.2) is 0 Å². The van der Waals surface area contributed by atoms with E-state index in [0.29, 0.717) is 11.5 Å². The molecule has 5 nitrogen and oxygen atoms in total. The number of nitrogens with zero attached hydrogens (tertiary/aromatic N) is 3. The molecule has 2 aromatic heterocycles. The van der Waals surface area contributed by atoms with Gasteiger partial charge in [-0.15, -0.1) is 0 Å². The van der Waals surface area contributed by atoms with Gasteiger partial charge in [-0.05, 0) is 38.8 Å². The number of nitrogens with one attached hydrogen (secondary N) is 2. The van der Waals surface area contributed by atoms with E-state index in [0.717, 1.165) is 24.2 Å². The number of fused-ring (bicyclic) bond motifs is 1. The van der Waals surface area contributed by atoms with Crippen molar-refractivity contribution in [2.45, 2.75) is 46.1 Å². The van der Waals surface area contributed by atoms with E-state index in [1.807, 2.05) is 0 Å². The highest BCUT2D eigenvalue weighted by Crippen LogP contribution is 2.23. The van der Waals surface area contributed by atoms with E-state index in [1.54, 1.807) is 0 Å². The molecule has 0 fully saturated rings. The van der Waals surface area contributed by atoms with E-state index >= 15 is 0 Å². The molecule has 98 valence electrons. The van der Waals surface area contributed by atoms with Crippen molar-refractivity contribution in [1.82, 2.24) is 19.9 Å². The molecule has 2 aromatic rings. The number of anilines is 1. The molecule has 0 atom stereocenters. The van der Waals surface area contributed by atoms with Crippen LogP contribution in [-0.2, 0) is 6.42 Å². The number of aryl methyl sites for hydroxylation is 1. The number of aromatic nitrogens is 4. The summed E-state index contributed by atoms with van der Waals surface area (Å²) in [7, 11) is 0. The van der Waals surface area contributed by atoms with Gasteiger partial charge < -0.3 is 10.3 Å². The first-order valence-corrected chi connectivity index (χ1v) is 6.47. The van der Waals surface area contributed by atoms with Crippen molar-refractivity contribution in [3.8, 4) is 0 Å². The van der Waals surface area contributed by atoms with Gasteiger partial charge in [-0.2, -0.15) is 9.97 Å². The number of H-pyrrole nitrogens is 1. The van der Waals surface area contributed by atoms with Gasteiger partial charge >= 0.3 is 0 Å². The molecule has 0 aliphatic heterocycles. The Hall–Kier alpha value is -1.36. The van der Waals surface area contributed by atoms with E-state index in [9.17, 15) is 0 Å². The molecule has 0 aliphatic rings. The van der Waals surface area contributed by atoms with E-state index in [-0.39, 0.29) is 10.8 Å². The van der Waals surface area contributed by atoms with Crippen molar-refractivity contribution in [1.29, 1.82) is 0 Å². The van der Waals surface area contributed by atoms with Crippen LogP contribution < -0.4 is 5.32 Å². The first-order valence-electron chi connectivity index (χ1n) is 6.09. The molecule has 0 spiro atoms. The minimum Gasteiger partial charge on any atom is -0.363 e. The lowest BCUT2D eigenvalue weighted by atomic mass is 10.1. The number of hydrogen-bond acceptors (Lipinski definition) is 4. The van der Waals surface area contributed by atoms with Crippen molar-refractivity contribution < 1.29 is 0 Å². The lowest BCUT2D eigenvalue weighted by Gasteiger charge is -2.21. The summed E-state index contributed by atoms with van der Waals surface area (Å²) in [6, 6.07) is 0. The van der Waals surface area contributed by atoms with E-state index in [2.05, 4.69) is 52.9 Å². The summed E-state index contributed by atoms with van der Waals surface area (Å²) in [5.74, 6) is 1.59. The summed E-state index contributed by atoms with van der Waals surface area (Å²) < 4.78 is 0. The van der Waals surface area contributed by atoms with Crippen LogP contribution in [0.1, 0.15) is 39.9 Å². The number of halogens is 1. The topological polar surface area (TPSA) is 66.5 Å². The van der Waals surface area contributed by atoms with Gasteiger partial charge in [-0.1, -0.05) is 6.92 Å². The predicted octanol–water partition coefficient (Wildman–Crippen LogP) is 3.17. The van der Waals surface area contributed by atoms with Crippen LogP contribution in [0.3, 0.4) is 0 Å². The van der Waals surface area contributed by atoms with Crippen LogP contribution in [0.5, 0.6) is 0 Å². The van der Waals surface area contributed by atoms with Gasteiger partial charge in [0.05, 0.1) is 0 Å². The second-order valence-electron chi connectivity index (χ2n) is 5.35. The van der Waals surface area contributed by atoms with Gasteiger partial charge in [0, 0.05) is 12.0 Å². The highest BCUT2D eigenvalue weighted by Gasteiger charge is 2.17. The highest BCUT2D eigenvalue weighted by molar-refractivity contribution is 6.28. The van der Waals surface area contributed by atoms with Crippen LogP contribution in [0.25, 0.3) is 11.2 Å². The number of hydrogen-bond donors (Lipinski definition) is 2. The molecule has 0 bridgehead atoms. The zero-order valence-corrected chi connectivity index (χ0v) is 11.9. The minimum atomic E-state index is -0.103. The Balaban J connectivity index is 2.50. The highest BCUT2D eigenvalue weighted by atomic mass is 35.5. The zero-order chi connectivity index (χ0) is 13.3. The standard InChI is InChI=1S/C12H18ClN5/c1-5-6-7-14-8-9(15-7)16-11(13)17-10(8)18-12(2,3)4/h5-6H2,1-4H3,(H2,14,15,16,17,18). The summed E-state index contributed by atoms with van der Waals surface area (Å²) in [5, 5.41) is 3.53. The lowest BCUT2D eigenvalue weighted by molar-refractivity contribution is 0.631. The molecule has 2 rings (SSSR count). The van der Waals surface area contributed by atoms with Crippen molar-refractivity contribution >= 4 is 28.6 Å². The van der Waals surface area contributed by atoms with Gasteiger partial charge in [0.25, 0.3) is 0 Å². The van der Waals surface area contributed by atoms with Crippen LogP contribution in [-0.4, -0.2) is 25.5 Å². The molecular weight excluding hydrogens is 250 g/mol. The first kappa shape index (κ1) is 13.1. The molecule has 0 saturated carbocycles. The predicted molar refractivity (Wildman–Crippen MR) is 74.1 cm³/mol. The molecule has 2 heterocycles. The summed E-state index contributed by atoms with van der Waals surface area (Å²) in [4.78, 5) is 16.1. The Morgan fingerprint density at radius 2 is 1.94 bits per heavy atom. The SMILES string of the molecule is CCCc1nc2c(NC(C)(C)C)nc(Cl)nc2[nH]1. The molecule has 0 aromatic carbocycles. The van der Waals surface area contributed by atoms with Crippen molar-refractivity contribution in [2.75, 3.05) is 5.32 Å². The van der Waals surface area contributed by atoms with E-state index in [4.69, 9.17) is 11.6 Å². The Bertz CT molecular complexity index is 555.